The molecule has 130 valence electrons. The van der Waals surface area contributed by atoms with Gasteiger partial charge in [0, 0.05) is 12.7 Å². The van der Waals surface area contributed by atoms with Crippen LogP contribution in [0.2, 0.25) is 0 Å². The lowest BCUT2D eigenvalue weighted by molar-refractivity contribution is -0.124. The summed E-state index contributed by atoms with van der Waals surface area (Å²) >= 11 is 0. The summed E-state index contributed by atoms with van der Waals surface area (Å²) in [4.78, 5) is 12.1. The van der Waals surface area contributed by atoms with Gasteiger partial charge in [0.25, 0.3) is 12.3 Å². The number of carbonyl (C=O) groups excluding carboxylic acids is 1. The average Bonchev–Trinajstić information content (AvgIpc) is 3.01. The Morgan fingerprint density at radius 2 is 2.04 bits per heavy atom. The first kappa shape index (κ1) is 17.7. The lowest BCUT2D eigenvalue weighted by atomic mass is 10.3. The molecule has 1 amide bonds. The van der Waals surface area contributed by atoms with Gasteiger partial charge in [0.05, 0.1) is 17.5 Å². The minimum atomic E-state index is -2.71. The molecule has 0 spiro atoms. The average molecular weight is 342 g/mol. The van der Waals surface area contributed by atoms with Crippen molar-refractivity contribution in [1.29, 1.82) is 0 Å². The smallest absolute Gasteiger partial charge is 0.271 e. The third-order valence-electron chi connectivity index (χ3n) is 3.48. The van der Waals surface area contributed by atoms with E-state index in [2.05, 4.69) is 20.7 Å². The zero-order valence-electron chi connectivity index (χ0n) is 13.6. The predicted molar refractivity (Wildman–Crippen MR) is 80.3 cm³/mol. The normalized spacial score (nSPS) is 13.0. The van der Waals surface area contributed by atoms with Gasteiger partial charge in [-0.2, -0.15) is 19.7 Å². The maximum absolute atomic E-state index is 13.7. The van der Waals surface area contributed by atoms with Gasteiger partial charge in [-0.05, 0) is 26.8 Å². The van der Waals surface area contributed by atoms with Crippen LogP contribution in [0.5, 0.6) is 0 Å². The highest BCUT2D eigenvalue weighted by Crippen LogP contribution is 2.20. The minimum absolute atomic E-state index is 0.153. The van der Waals surface area contributed by atoms with Crippen LogP contribution in [0.3, 0.4) is 0 Å². The summed E-state index contributed by atoms with van der Waals surface area (Å²) in [6, 6.07) is 0.362. The molecule has 10 heteroatoms. The molecule has 0 aliphatic carbocycles. The largest absolute Gasteiger partial charge is 0.282 e. The Bertz CT molecular complexity index is 780. The highest BCUT2D eigenvalue weighted by Gasteiger charge is 2.21. The number of alkyl halides is 2. The number of aromatic nitrogens is 4. The van der Waals surface area contributed by atoms with Gasteiger partial charge in [-0.15, -0.1) is 0 Å². The Hall–Kier alpha value is -2.65. The van der Waals surface area contributed by atoms with E-state index in [0.29, 0.717) is 11.4 Å². The first-order valence-electron chi connectivity index (χ1n) is 7.08. The minimum Gasteiger partial charge on any atom is -0.271 e. The predicted octanol–water partition coefficient (Wildman–Crippen LogP) is 2.02. The van der Waals surface area contributed by atoms with Crippen LogP contribution in [0.15, 0.2) is 11.2 Å². The Morgan fingerprint density at radius 1 is 1.38 bits per heavy atom. The topological polar surface area (TPSA) is 77.1 Å². The zero-order chi connectivity index (χ0) is 18.0. The molecule has 0 aliphatic heterocycles. The Kier molecular flexibility index (Phi) is 5.05. The number of hydrazone groups is 1. The number of rotatable bonds is 5. The van der Waals surface area contributed by atoms with Gasteiger partial charge >= 0.3 is 0 Å². The van der Waals surface area contributed by atoms with E-state index < -0.39 is 30.0 Å². The monoisotopic (exact) mass is 342 g/mol. The first-order chi connectivity index (χ1) is 11.2. The van der Waals surface area contributed by atoms with E-state index in [4.69, 9.17) is 0 Å². The summed E-state index contributed by atoms with van der Waals surface area (Å²) < 4.78 is 41.3. The standard InChI is InChI=1S/C14H17F3N6O/c1-7-5-11(12(15)16)21-23(7)9(3)14(24)19-18-6-10-8(2)20-22(4)13(10)17/h5-6,9,12H,1-4H3,(H,19,24)/b18-6+. The van der Waals surface area contributed by atoms with Crippen molar-refractivity contribution in [2.75, 3.05) is 0 Å². The molecule has 2 aromatic rings. The third kappa shape index (κ3) is 3.47. The summed E-state index contributed by atoms with van der Waals surface area (Å²) in [7, 11) is 1.45. The van der Waals surface area contributed by atoms with Crippen molar-refractivity contribution in [3.05, 3.63) is 34.7 Å². The number of hydrogen-bond acceptors (Lipinski definition) is 4. The van der Waals surface area contributed by atoms with Gasteiger partial charge in [-0.25, -0.2) is 18.9 Å². The molecular formula is C14H17F3N6O. The van der Waals surface area contributed by atoms with E-state index in [1.54, 1.807) is 13.8 Å². The van der Waals surface area contributed by atoms with Gasteiger partial charge in [0.1, 0.15) is 11.7 Å². The van der Waals surface area contributed by atoms with Crippen LogP contribution in [0.1, 0.15) is 42.0 Å². The summed E-state index contributed by atoms with van der Waals surface area (Å²) in [5.41, 5.74) is 2.84. The molecule has 1 N–H and O–H groups in total. The maximum atomic E-state index is 13.7. The zero-order valence-corrected chi connectivity index (χ0v) is 13.6. The van der Waals surface area contributed by atoms with Gasteiger partial charge < -0.3 is 0 Å². The van der Waals surface area contributed by atoms with Crippen LogP contribution in [0.4, 0.5) is 13.2 Å². The van der Waals surface area contributed by atoms with Crippen LogP contribution >= 0.6 is 0 Å². The highest BCUT2D eigenvalue weighted by atomic mass is 19.3. The van der Waals surface area contributed by atoms with Crippen molar-refractivity contribution >= 4 is 12.1 Å². The van der Waals surface area contributed by atoms with E-state index in [1.807, 2.05) is 0 Å². The lowest BCUT2D eigenvalue weighted by Crippen LogP contribution is -2.28. The van der Waals surface area contributed by atoms with Crippen LogP contribution < -0.4 is 5.43 Å². The molecular weight excluding hydrogens is 325 g/mol. The Morgan fingerprint density at radius 3 is 2.54 bits per heavy atom. The van der Waals surface area contributed by atoms with Crippen LogP contribution in [-0.4, -0.2) is 31.7 Å². The van der Waals surface area contributed by atoms with Gasteiger partial charge in [0.15, 0.2) is 0 Å². The summed E-state index contributed by atoms with van der Waals surface area (Å²) in [6.45, 7) is 4.67. The van der Waals surface area contributed by atoms with Gasteiger partial charge in [-0.1, -0.05) is 0 Å². The van der Waals surface area contributed by atoms with E-state index in [9.17, 15) is 18.0 Å². The molecule has 2 aromatic heterocycles. The molecule has 0 aliphatic rings. The van der Waals surface area contributed by atoms with E-state index in [1.165, 1.54) is 24.7 Å². The van der Waals surface area contributed by atoms with Crippen LogP contribution in [-0.2, 0) is 11.8 Å². The van der Waals surface area contributed by atoms with Crippen molar-refractivity contribution in [1.82, 2.24) is 25.0 Å². The van der Waals surface area contributed by atoms with E-state index in [0.717, 1.165) is 10.9 Å². The third-order valence-corrected chi connectivity index (χ3v) is 3.48. The molecule has 24 heavy (non-hydrogen) atoms. The fourth-order valence-electron chi connectivity index (χ4n) is 2.17. The van der Waals surface area contributed by atoms with Gasteiger partial charge in [-0.3, -0.25) is 9.48 Å². The SMILES string of the molecule is Cc1nn(C)c(F)c1/C=N/NC(=O)C(C)n1nc(C(F)F)cc1C. The van der Waals surface area contributed by atoms with Crippen LogP contribution in [0.25, 0.3) is 0 Å². The molecule has 1 unspecified atom stereocenters. The second-order valence-corrected chi connectivity index (χ2v) is 5.28. The Labute approximate surface area is 136 Å². The summed E-state index contributed by atoms with van der Waals surface area (Å²) in [5, 5.41) is 11.3. The number of hydrogen-bond donors (Lipinski definition) is 1. The molecule has 1 atom stereocenters. The second kappa shape index (κ2) is 6.85. The highest BCUT2D eigenvalue weighted by molar-refractivity contribution is 5.84. The summed E-state index contributed by atoms with van der Waals surface area (Å²) in [5.74, 6) is -1.15. The summed E-state index contributed by atoms with van der Waals surface area (Å²) in [6.07, 6.45) is -1.57. The Balaban J connectivity index is 2.08. The maximum Gasteiger partial charge on any atom is 0.282 e. The quantitative estimate of drug-likeness (QED) is 0.667. The first-order valence-corrected chi connectivity index (χ1v) is 7.08. The molecule has 0 bridgehead atoms. The molecule has 0 saturated heterocycles. The molecule has 0 saturated carbocycles. The van der Waals surface area contributed by atoms with Crippen molar-refractivity contribution in [3.63, 3.8) is 0 Å². The molecule has 0 fully saturated rings. The van der Waals surface area contributed by atoms with E-state index in [-0.39, 0.29) is 5.56 Å². The second-order valence-electron chi connectivity index (χ2n) is 5.28. The molecule has 7 nitrogen and oxygen atoms in total. The molecule has 2 heterocycles. The number of halogens is 3. The molecule has 0 aromatic carbocycles. The lowest BCUT2D eigenvalue weighted by Gasteiger charge is -2.12. The molecule has 0 radical (unpaired) electrons. The fourth-order valence-corrected chi connectivity index (χ4v) is 2.17. The fraction of sp³-hybridized carbons (Fsp3) is 0.429. The van der Waals surface area contributed by atoms with E-state index >= 15 is 0 Å². The van der Waals surface area contributed by atoms with Gasteiger partial charge in [0.2, 0.25) is 5.95 Å². The number of carbonyl (C=O) groups is 1. The molecule has 2 rings (SSSR count). The van der Waals surface area contributed by atoms with Crippen molar-refractivity contribution in [2.24, 2.45) is 12.1 Å². The number of nitrogens with zero attached hydrogens (tertiary/aromatic N) is 5. The number of amides is 1. The number of nitrogens with one attached hydrogen (secondary N) is 1. The number of aryl methyl sites for hydroxylation is 3. The van der Waals surface area contributed by atoms with Crippen molar-refractivity contribution in [2.45, 2.75) is 33.2 Å². The van der Waals surface area contributed by atoms with Crippen molar-refractivity contribution in [3.8, 4) is 0 Å². The van der Waals surface area contributed by atoms with Crippen LogP contribution in [0, 0.1) is 19.8 Å². The van der Waals surface area contributed by atoms with Crippen molar-refractivity contribution < 1.29 is 18.0 Å².